The third kappa shape index (κ3) is 4.21. The van der Waals surface area contributed by atoms with Crippen LogP contribution in [0.15, 0.2) is 65.6 Å². The Hall–Kier alpha value is -4.81. The lowest BCUT2D eigenvalue weighted by molar-refractivity contribution is -0.137. The molecule has 0 aliphatic carbocycles. The number of H-pyrrole nitrogens is 1. The normalized spacial score (nSPS) is 11.7. The Morgan fingerprint density at radius 3 is 2.53 bits per heavy atom. The Morgan fingerprint density at radius 2 is 1.81 bits per heavy atom. The Morgan fingerprint density at radius 1 is 1.06 bits per heavy atom. The van der Waals surface area contributed by atoms with Gasteiger partial charge in [0.05, 0.1) is 23.1 Å². The van der Waals surface area contributed by atoms with Gasteiger partial charge in [-0.15, -0.1) is 0 Å². The number of halogens is 4. The minimum atomic E-state index is -4.61. The molecule has 2 N–H and O–H groups in total. The molecule has 13 heteroatoms. The van der Waals surface area contributed by atoms with Crippen LogP contribution in [0.3, 0.4) is 0 Å². The van der Waals surface area contributed by atoms with E-state index in [-0.39, 0.29) is 28.4 Å². The first-order chi connectivity index (χ1) is 17.1. The van der Waals surface area contributed by atoms with Gasteiger partial charge in [0.1, 0.15) is 17.0 Å². The monoisotopic (exact) mass is 497 g/mol. The molecule has 0 aliphatic rings. The number of nitrogens with zero attached hydrogens (tertiary/aromatic N) is 5. The standard InChI is InChI=1S/C23H15F4N7O2/c1-12-9-18(29-20(35)13-3-2-4-14(10-13)23(25,26)27)34(32-12)22-30-19-17(21(36)31-22)11-28-33(19)16-7-5-15(24)6-8-16/h2-11H,1H3,(H,29,35)(H,30,31,36). The van der Waals surface area contributed by atoms with Crippen LogP contribution in [0.2, 0.25) is 0 Å². The molecule has 0 radical (unpaired) electrons. The number of benzene rings is 2. The number of nitrogens with one attached hydrogen (secondary N) is 2. The Balaban J connectivity index is 1.55. The third-order valence-corrected chi connectivity index (χ3v) is 5.22. The maximum Gasteiger partial charge on any atom is 0.416 e. The van der Waals surface area contributed by atoms with E-state index in [0.717, 1.165) is 22.9 Å². The summed E-state index contributed by atoms with van der Waals surface area (Å²) in [6.07, 6.45) is -3.31. The number of hydrogen-bond donors (Lipinski definition) is 2. The fourth-order valence-corrected chi connectivity index (χ4v) is 3.55. The largest absolute Gasteiger partial charge is 0.416 e. The summed E-state index contributed by atoms with van der Waals surface area (Å²) in [6.45, 7) is 1.62. The van der Waals surface area contributed by atoms with Gasteiger partial charge < -0.3 is 5.32 Å². The van der Waals surface area contributed by atoms with Gasteiger partial charge in [0.15, 0.2) is 5.65 Å². The summed E-state index contributed by atoms with van der Waals surface area (Å²) in [4.78, 5) is 32.4. The molecule has 0 fully saturated rings. The zero-order valence-corrected chi connectivity index (χ0v) is 18.3. The molecule has 36 heavy (non-hydrogen) atoms. The first kappa shape index (κ1) is 23.0. The van der Waals surface area contributed by atoms with Crippen molar-refractivity contribution in [3.8, 4) is 11.6 Å². The van der Waals surface area contributed by atoms with Gasteiger partial charge >= 0.3 is 6.18 Å². The van der Waals surface area contributed by atoms with Crippen molar-refractivity contribution in [2.75, 3.05) is 5.32 Å². The Labute approximate surface area is 199 Å². The maximum absolute atomic E-state index is 13.3. The van der Waals surface area contributed by atoms with Crippen molar-refractivity contribution >= 4 is 22.8 Å². The molecule has 0 spiro atoms. The number of carbonyl (C=O) groups is 1. The predicted molar refractivity (Wildman–Crippen MR) is 121 cm³/mol. The van der Waals surface area contributed by atoms with Crippen molar-refractivity contribution in [3.63, 3.8) is 0 Å². The lowest BCUT2D eigenvalue weighted by Crippen LogP contribution is -2.19. The molecule has 9 nitrogen and oxygen atoms in total. The van der Waals surface area contributed by atoms with Crippen molar-refractivity contribution in [3.05, 3.63) is 93.8 Å². The van der Waals surface area contributed by atoms with E-state index in [1.807, 2.05) is 0 Å². The number of alkyl halides is 3. The fraction of sp³-hybridized carbons (Fsp3) is 0.0870. The molecule has 1 amide bonds. The van der Waals surface area contributed by atoms with E-state index >= 15 is 0 Å². The Bertz CT molecular complexity index is 1670. The number of aryl methyl sites for hydroxylation is 1. The van der Waals surface area contributed by atoms with E-state index in [9.17, 15) is 27.2 Å². The van der Waals surface area contributed by atoms with Crippen LogP contribution >= 0.6 is 0 Å². The molecule has 182 valence electrons. The van der Waals surface area contributed by atoms with Crippen molar-refractivity contribution in [2.24, 2.45) is 0 Å². The third-order valence-electron chi connectivity index (χ3n) is 5.22. The van der Waals surface area contributed by atoms with Crippen molar-refractivity contribution in [1.82, 2.24) is 29.5 Å². The lowest BCUT2D eigenvalue weighted by Gasteiger charge is -2.10. The predicted octanol–water partition coefficient (Wildman–Crippen LogP) is 4.01. The number of anilines is 1. The molecule has 3 heterocycles. The molecule has 5 aromatic rings. The summed E-state index contributed by atoms with van der Waals surface area (Å²) in [6, 6.07) is 10.8. The fourth-order valence-electron chi connectivity index (χ4n) is 3.55. The summed E-state index contributed by atoms with van der Waals surface area (Å²) in [5, 5.41) is 11.1. The van der Waals surface area contributed by atoms with E-state index in [0.29, 0.717) is 11.4 Å². The topological polar surface area (TPSA) is 110 Å². The minimum Gasteiger partial charge on any atom is -0.306 e. The number of amides is 1. The van der Waals surface area contributed by atoms with Gasteiger partial charge in [-0.1, -0.05) is 6.07 Å². The molecule has 0 atom stereocenters. The van der Waals surface area contributed by atoms with Crippen LogP contribution in [0.25, 0.3) is 22.7 Å². The van der Waals surface area contributed by atoms with Gasteiger partial charge in [-0.3, -0.25) is 14.6 Å². The number of hydrogen-bond acceptors (Lipinski definition) is 5. The molecular formula is C23H15F4N7O2. The van der Waals surface area contributed by atoms with Gasteiger partial charge in [0, 0.05) is 11.6 Å². The Kier molecular flexibility index (Phi) is 5.39. The molecule has 0 aliphatic heterocycles. The minimum absolute atomic E-state index is 0.0604. The van der Waals surface area contributed by atoms with Gasteiger partial charge in [-0.2, -0.15) is 33.0 Å². The highest BCUT2D eigenvalue weighted by Gasteiger charge is 2.31. The number of aromatic nitrogens is 6. The van der Waals surface area contributed by atoms with E-state index in [1.165, 1.54) is 47.3 Å². The van der Waals surface area contributed by atoms with Gasteiger partial charge in [-0.05, 0) is 49.4 Å². The van der Waals surface area contributed by atoms with Crippen LogP contribution in [0, 0.1) is 12.7 Å². The zero-order chi connectivity index (χ0) is 25.6. The highest BCUT2D eigenvalue weighted by Crippen LogP contribution is 2.29. The highest BCUT2D eigenvalue weighted by atomic mass is 19.4. The van der Waals surface area contributed by atoms with Crippen LogP contribution in [-0.4, -0.2) is 35.4 Å². The number of fused-ring (bicyclic) bond motifs is 1. The molecule has 3 aromatic heterocycles. The van der Waals surface area contributed by atoms with E-state index in [4.69, 9.17) is 0 Å². The number of carbonyl (C=O) groups excluding carboxylic acids is 1. The van der Waals surface area contributed by atoms with Gasteiger partial charge in [-0.25, -0.2) is 9.07 Å². The van der Waals surface area contributed by atoms with E-state index in [1.54, 1.807) is 6.92 Å². The van der Waals surface area contributed by atoms with E-state index in [2.05, 4.69) is 25.5 Å². The van der Waals surface area contributed by atoms with Crippen LogP contribution < -0.4 is 10.9 Å². The van der Waals surface area contributed by atoms with Crippen LogP contribution in [0.5, 0.6) is 0 Å². The molecular weight excluding hydrogens is 482 g/mol. The first-order valence-corrected chi connectivity index (χ1v) is 10.4. The molecule has 0 saturated heterocycles. The van der Waals surface area contributed by atoms with Crippen molar-refractivity contribution in [2.45, 2.75) is 13.1 Å². The highest BCUT2D eigenvalue weighted by molar-refractivity contribution is 6.04. The average molecular weight is 497 g/mol. The first-order valence-electron chi connectivity index (χ1n) is 10.4. The quantitative estimate of drug-likeness (QED) is 0.365. The van der Waals surface area contributed by atoms with E-state index < -0.39 is 29.0 Å². The summed E-state index contributed by atoms with van der Waals surface area (Å²) < 4.78 is 55.0. The average Bonchev–Trinajstić information content (AvgIpc) is 3.42. The number of aromatic amines is 1. The molecule has 2 aromatic carbocycles. The SMILES string of the molecule is Cc1cc(NC(=O)c2cccc(C(F)(F)F)c2)n(-c2nc3c(cnn3-c3ccc(F)cc3)c(=O)[nH]2)n1. The lowest BCUT2D eigenvalue weighted by atomic mass is 10.1. The van der Waals surface area contributed by atoms with Crippen LogP contribution in [0.4, 0.5) is 23.4 Å². The smallest absolute Gasteiger partial charge is 0.306 e. The van der Waals surface area contributed by atoms with Gasteiger partial charge in [0.2, 0.25) is 5.95 Å². The second-order valence-corrected chi connectivity index (χ2v) is 7.78. The summed E-state index contributed by atoms with van der Waals surface area (Å²) in [5.74, 6) is -1.29. The van der Waals surface area contributed by atoms with Crippen molar-refractivity contribution < 1.29 is 22.4 Å². The summed E-state index contributed by atoms with van der Waals surface area (Å²) in [7, 11) is 0. The second-order valence-electron chi connectivity index (χ2n) is 7.78. The zero-order valence-electron chi connectivity index (χ0n) is 18.3. The summed E-state index contributed by atoms with van der Waals surface area (Å²) in [5.41, 5.74) is -0.712. The molecule has 0 bridgehead atoms. The second kappa shape index (κ2) is 8.45. The van der Waals surface area contributed by atoms with Gasteiger partial charge in [0.25, 0.3) is 11.5 Å². The summed E-state index contributed by atoms with van der Waals surface area (Å²) >= 11 is 0. The number of rotatable bonds is 4. The van der Waals surface area contributed by atoms with Crippen LogP contribution in [-0.2, 0) is 6.18 Å². The maximum atomic E-state index is 13.3. The van der Waals surface area contributed by atoms with Crippen LogP contribution in [0.1, 0.15) is 21.6 Å². The molecule has 5 rings (SSSR count). The molecule has 0 saturated carbocycles. The molecule has 0 unspecified atom stereocenters. The van der Waals surface area contributed by atoms with Crippen molar-refractivity contribution in [1.29, 1.82) is 0 Å².